The molecule has 4 aromatic rings. The summed E-state index contributed by atoms with van der Waals surface area (Å²) in [5.74, 6) is 1.31. The van der Waals surface area contributed by atoms with Gasteiger partial charge in [-0.05, 0) is 42.3 Å². The van der Waals surface area contributed by atoms with Crippen LogP contribution in [0.3, 0.4) is 0 Å². The van der Waals surface area contributed by atoms with E-state index in [4.69, 9.17) is 27.2 Å². The standard InChI is InChI=1S/C32H27BrN2O4S2/c1-20-7-9-25-27(15-20)39-29(35(25)19-21-5-3-2-4-6-21)17-23-31(37)24(32(23)40)18-30-34(11-13-38-14-12-36)26-10-8-22(33)16-28(26)41-30/h2-10,15-18,36H,11-14,19H2,1H3/p+1. The van der Waals surface area contributed by atoms with Gasteiger partial charge in [-0.2, -0.15) is 4.57 Å². The number of thiazole rings is 1. The Balaban J connectivity index is 1.34. The maximum absolute atomic E-state index is 13.5. The molecule has 0 radical (unpaired) electrons. The number of rotatable bonds is 9. The number of carbonyl (C=O) groups excluding carboxylic acids is 1. The van der Waals surface area contributed by atoms with Gasteiger partial charge in [-0.3, -0.25) is 4.79 Å². The second-order valence-electron chi connectivity index (χ2n) is 9.82. The number of nitrogens with zero attached hydrogens (tertiary/aromatic N) is 2. The van der Waals surface area contributed by atoms with Gasteiger partial charge in [0.05, 0.1) is 25.4 Å². The van der Waals surface area contributed by atoms with Crippen LogP contribution in [-0.4, -0.2) is 30.7 Å². The van der Waals surface area contributed by atoms with E-state index in [0.717, 1.165) is 42.3 Å². The Kier molecular flexibility index (Phi) is 8.14. The van der Waals surface area contributed by atoms with Crippen molar-refractivity contribution in [1.29, 1.82) is 0 Å². The third-order valence-electron chi connectivity index (χ3n) is 6.99. The molecule has 0 bridgehead atoms. The molecule has 1 N–H and O–H groups in total. The van der Waals surface area contributed by atoms with Gasteiger partial charge in [0.1, 0.15) is 11.3 Å². The predicted octanol–water partition coefficient (Wildman–Crippen LogP) is 6.36. The molecular formula is C32H28BrN2O4S2+. The molecule has 41 heavy (non-hydrogen) atoms. The second-order valence-corrected chi connectivity index (χ2v) is 12.2. The van der Waals surface area contributed by atoms with E-state index in [9.17, 15) is 4.79 Å². The topological polar surface area (TPSA) is 62.9 Å². The number of benzene rings is 3. The minimum absolute atomic E-state index is 0.0172. The quantitative estimate of drug-likeness (QED) is 0.0958. The summed E-state index contributed by atoms with van der Waals surface area (Å²) >= 11 is 9.93. The number of hydrogen-bond donors (Lipinski definition) is 2. The molecule has 0 saturated heterocycles. The molecule has 6 rings (SSSR count). The average molecular weight is 649 g/mol. The molecule has 0 atom stereocenters. The van der Waals surface area contributed by atoms with Crippen LogP contribution in [0.4, 0.5) is 5.69 Å². The number of ether oxygens (including phenoxy) is 2. The Bertz CT molecular complexity index is 1740. The zero-order valence-electron chi connectivity index (χ0n) is 22.3. The van der Waals surface area contributed by atoms with E-state index in [2.05, 4.69) is 61.8 Å². The van der Waals surface area contributed by atoms with Crippen LogP contribution in [0.1, 0.15) is 16.1 Å². The number of thiol groups is 1. The molecule has 1 aliphatic heterocycles. The van der Waals surface area contributed by atoms with E-state index in [1.54, 1.807) is 17.4 Å². The molecule has 1 aliphatic carbocycles. The Hall–Kier alpha value is -3.21. The number of aryl methyl sites for hydroxylation is 1. The first-order chi connectivity index (χ1) is 19.9. The SMILES string of the molecule is Cc1ccc2c(c1)O/C(=C/C1=C(S)C(=C\c3sc4cc(Br)ccc4[n+]3CCOCCO)/C1=O)N2Cc1ccccc1. The first-order valence-electron chi connectivity index (χ1n) is 13.2. The van der Waals surface area contributed by atoms with Crippen molar-refractivity contribution in [3.05, 3.63) is 115 Å². The zero-order chi connectivity index (χ0) is 28.5. The van der Waals surface area contributed by atoms with E-state index in [1.807, 2.05) is 43.3 Å². The molecule has 3 aromatic carbocycles. The van der Waals surface area contributed by atoms with Gasteiger partial charge in [0.2, 0.25) is 11.4 Å². The zero-order valence-corrected chi connectivity index (χ0v) is 25.6. The van der Waals surface area contributed by atoms with Gasteiger partial charge in [0.25, 0.3) is 5.01 Å². The molecule has 2 heterocycles. The number of anilines is 1. The largest absolute Gasteiger partial charge is 0.439 e. The van der Waals surface area contributed by atoms with Gasteiger partial charge in [0.15, 0.2) is 18.1 Å². The molecule has 208 valence electrons. The molecule has 1 aromatic heterocycles. The van der Waals surface area contributed by atoms with Crippen molar-refractivity contribution in [2.24, 2.45) is 0 Å². The monoisotopic (exact) mass is 647 g/mol. The number of fused-ring (bicyclic) bond motifs is 2. The minimum atomic E-state index is -0.0698. The van der Waals surface area contributed by atoms with Gasteiger partial charge in [-0.25, -0.2) is 0 Å². The summed E-state index contributed by atoms with van der Waals surface area (Å²) in [4.78, 5) is 16.2. The van der Waals surface area contributed by atoms with Crippen LogP contribution in [0, 0.1) is 6.92 Å². The van der Waals surface area contributed by atoms with E-state index in [-0.39, 0.29) is 19.0 Å². The second kappa shape index (κ2) is 12.0. The normalized spacial score (nSPS) is 16.6. The molecule has 0 spiro atoms. The highest BCUT2D eigenvalue weighted by Gasteiger charge is 2.35. The number of aliphatic hydroxyl groups excluding tert-OH is 1. The van der Waals surface area contributed by atoms with Crippen molar-refractivity contribution >= 4 is 67.7 Å². The fraction of sp³-hybridized carbons (Fsp3) is 0.188. The number of ketones is 1. The van der Waals surface area contributed by atoms with Gasteiger partial charge < -0.3 is 19.5 Å². The minimum Gasteiger partial charge on any atom is -0.439 e. The highest BCUT2D eigenvalue weighted by molar-refractivity contribution is 9.10. The first kappa shape index (κ1) is 27.9. The first-order valence-corrected chi connectivity index (χ1v) is 15.3. The van der Waals surface area contributed by atoms with Gasteiger partial charge >= 0.3 is 0 Å². The number of carbonyl (C=O) groups is 1. The maximum Gasteiger partial charge on any atom is 0.263 e. The number of hydrogen-bond acceptors (Lipinski definition) is 7. The van der Waals surface area contributed by atoms with Crippen LogP contribution >= 0.6 is 39.9 Å². The van der Waals surface area contributed by atoms with Crippen LogP contribution in [-0.2, 0) is 22.6 Å². The highest BCUT2D eigenvalue weighted by atomic mass is 79.9. The van der Waals surface area contributed by atoms with E-state index < -0.39 is 0 Å². The number of Topliss-reactive ketones (excluding diaryl/α,β-unsaturated/α-hetero) is 1. The van der Waals surface area contributed by atoms with Crippen LogP contribution < -0.4 is 14.2 Å². The molecular weight excluding hydrogens is 620 g/mol. The van der Waals surface area contributed by atoms with Gasteiger partial charge in [0, 0.05) is 38.7 Å². The van der Waals surface area contributed by atoms with E-state index in [0.29, 0.717) is 41.6 Å². The van der Waals surface area contributed by atoms with E-state index in [1.165, 1.54) is 0 Å². The third-order valence-corrected chi connectivity index (χ3v) is 9.06. The molecule has 0 saturated carbocycles. The lowest BCUT2D eigenvalue weighted by atomic mass is 9.89. The Morgan fingerprint density at radius 3 is 2.71 bits per heavy atom. The Labute approximate surface area is 256 Å². The lowest BCUT2D eigenvalue weighted by Crippen LogP contribution is -2.38. The lowest BCUT2D eigenvalue weighted by molar-refractivity contribution is -0.670. The molecule has 9 heteroatoms. The highest BCUT2D eigenvalue weighted by Crippen LogP contribution is 2.43. The van der Waals surface area contributed by atoms with Crippen molar-refractivity contribution in [3.63, 3.8) is 0 Å². The maximum atomic E-state index is 13.5. The molecule has 0 unspecified atom stereocenters. The van der Waals surface area contributed by atoms with Crippen molar-refractivity contribution in [2.75, 3.05) is 24.7 Å². The van der Waals surface area contributed by atoms with Crippen molar-refractivity contribution in [1.82, 2.24) is 0 Å². The summed E-state index contributed by atoms with van der Waals surface area (Å²) in [5, 5.41) is 9.99. The number of allylic oxidation sites excluding steroid dienone is 3. The summed E-state index contributed by atoms with van der Waals surface area (Å²) < 4.78 is 16.0. The van der Waals surface area contributed by atoms with E-state index >= 15 is 0 Å². The molecule has 6 nitrogen and oxygen atoms in total. The summed E-state index contributed by atoms with van der Waals surface area (Å²) in [7, 11) is 0. The fourth-order valence-electron chi connectivity index (χ4n) is 4.95. The van der Waals surface area contributed by atoms with Crippen LogP contribution in [0.15, 0.2) is 99.2 Å². The van der Waals surface area contributed by atoms with Crippen molar-refractivity contribution in [3.8, 4) is 5.75 Å². The fourth-order valence-corrected chi connectivity index (χ4v) is 6.96. The van der Waals surface area contributed by atoms with Crippen LogP contribution in [0.25, 0.3) is 16.3 Å². The van der Waals surface area contributed by atoms with Gasteiger partial charge in [-0.1, -0.05) is 63.7 Å². The third kappa shape index (κ3) is 5.65. The number of aliphatic hydroxyl groups is 1. The lowest BCUT2D eigenvalue weighted by Gasteiger charge is -2.22. The summed E-state index contributed by atoms with van der Waals surface area (Å²) in [6.45, 7) is 3.97. The summed E-state index contributed by atoms with van der Waals surface area (Å²) in [6.07, 6.45) is 3.71. The molecule has 0 amide bonds. The Morgan fingerprint density at radius 1 is 1.10 bits per heavy atom. The summed E-state index contributed by atoms with van der Waals surface area (Å²) in [5.41, 5.74) is 5.36. The predicted molar refractivity (Wildman–Crippen MR) is 169 cm³/mol. The molecule has 0 fully saturated rings. The number of halogens is 1. The van der Waals surface area contributed by atoms with Gasteiger partial charge in [-0.15, -0.1) is 12.6 Å². The van der Waals surface area contributed by atoms with Crippen molar-refractivity contribution in [2.45, 2.75) is 20.0 Å². The van der Waals surface area contributed by atoms with Crippen molar-refractivity contribution < 1.29 is 23.9 Å². The summed E-state index contributed by atoms with van der Waals surface area (Å²) in [6, 6.07) is 22.5. The van der Waals surface area contributed by atoms with Crippen LogP contribution in [0.2, 0.25) is 0 Å². The number of aromatic nitrogens is 1. The Morgan fingerprint density at radius 2 is 1.93 bits per heavy atom. The average Bonchev–Trinajstić information content (AvgIpc) is 3.49. The van der Waals surface area contributed by atoms with Crippen LogP contribution in [0.5, 0.6) is 5.75 Å². The molecule has 2 aliphatic rings. The smallest absolute Gasteiger partial charge is 0.263 e.